The van der Waals surface area contributed by atoms with Crippen LogP contribution in [0.25, 0.3) is 22.4 Å². The minimum absolute atomic E-state index is 0.126. The zero-order valence-corrected chi connectivity index (χ0v) is 29.6. The lowest BCUT2D eigenvalue weighted by Crippen LogP contribution is -2.28. The van der Waals surface area contributed by atoms with E-state index in [1.54, 1.807) is 0 Å². The van der Waals surface area contributed by atoms with E-state index in [2.05, 4.69) is 31.6 Å². The summed E-state index contributed by atoms with van der Waals surface area (Å²) in [4.78, 5) is 15.5. The second-order valence-electron chi connectivity index (χ2n) is 14.0. The molecular formula is C40H49ClN6O3. The van der Waals surface area contributed by atoms with Gasteiger partial charge in [-0.15, -0.1) is 0 Å². The number of carbonyl (C=O) groups is 1. The standard InChI is InChI=1S/C40H49ClN6O3/c41-37-14-9-30(39-36-25-42-17-15-38(36)47(45-39)21-4-20-46-22-16-33(48)26-46)24-35(37)29-7-3-8-31(23-29)40(49)44-19-18-43-32-10-12-34(13-11-32)50-27-28-5-1-2-6-28/h3,7-14,23-24,28,33,42-43,48H,1-2,4-6,15-22,25-27H2,(H,44,49). The zero-order chi connectivity index (χ0) is 34.3. The molecule has 10 heteroatoms. The number of aliphatic hydroxyl groups excluding tert-OH is 1. The van der Waals surface area contributed by atoms with Gasteiger partial charge in [0, 0.05) is 97.4 Å². The quantitative estimate of drug-likeness (QED) is 0.113. The van der Waals surface area contributed by atoms with Gasteiger partial charge >= 0.3 is 0 Å². The van der Waals surface area contributed by atoms with Crippen LogP contribution in [0.4, 0.5) is 5.69 Å². The molecule has 1 atom stereocenters. The Morgan fingerprint density at radius 1 is 1.00 bits per heavy atom. The Bertz CT molecular complexity index is 1750. The number of aromatic nitrogens is 2. The fourth-order valence-electron chi connectivity index (χ4n) is 7.56. The van der Waals surface area contributed by atoms with Crippen molar-refractivity contribution < 1.29 is 14.6 Å². The second-order valence-corrected chi connectivity index (χ2v) is 14.4. The molecule has 4 N–H and O–H groups in total. The number of hydrogen-bond acceptors (Lipinski definition) is 7. The Morgan fingerprint density at radius 2 is 1.86 bits per heavy atom. The molecule has 0 bridgehead atoms. The van der Waals surface area contributed by atoms with E-state index < -0.39 is 0 Å². The third kappa shape index (κ3) is 8.52. The predicted molar refractivity (Wildman–Crippen MR) is 200 cm³/mol. The van der Waals surface area contributed by atoms with Crippen LogP contribution in [0.5, 0.6) is 5.75 Å². The molecule has 4 aromatic rings. The van der Waals surface area contributed by atoms with Gasteiger partial charge in [-0.25, -0.2) is 0 Å². The van der Waals surface area contributed by atoms with Gasteiger partial charge in [-0.2, -0.15) is 5.10 Å². The second kappa shape index (κ2) is 16.4. The third-order valence-electron chi connectivity index (χ3n) is 10.3. The molecule has 9 nitrogen and oxygen atoms in total. The molecule has 1 saturated carbocycles. The van der Waals surface area contributed by atoms with Gasteiger partial charge in [0.15, 0.2) is 0 Å². The zero-order valence-electron chi connectivity index (χ0n) is 28.8. The number of benzene rings is 3. The number of nitrogens with one attached hydrogen (secondary N) is 3. The molecule has 264 valence electrons. The number of β-amino-alcohol motifs (C(OH)–C–C–N with tert-alkyl or cyclic N) is 1. The van der Waals surface area contributed by atoms with Gasteiger partial charge in [0.25, 0.3) is 5.91 Å². The lowest BCUT2D eigenvalue weighted by Gasteiger charge is -2.17. The number of likely N-dealkylation sites (tertiary alicyclic amines) is 1. The number of aryl methyl sites for hydroxylation is 1. The van der Waals surface area contributed by atoms with Crippen molar-refractivity contribution in [2.75, 3.05) is 51.2 Å². The van der Waals surface area contributed by atoms with Gasteiger partial charge in [-0.3, -0.25) is 9.48 Å². The summed E-state index contributed by atoms with van der Waals surface area (Å²) in [6.07, 6.45) is 7.80. The van der Waals surface area contributed by atoms with E-state index in [-0.39, 0.29) is 12.0 Å². The van der Waals surface area contributed by atoms with Crippen molar-refractivity contribution in [3.05, 3.63) is 88.6 Å². The normalized spacial score (nSPS) is 17.9. The summed E-state index contributed by atoms with van der Waals surface area (Å²) in [5, 5.41) is 25.6. The molecule has 0 spiro atoms. The van der Waals surface area contributed by atoms with Crippen molar-refractivity contribution in [2.45, 2.75) is 64.1 Å². The van der Waals surface area contributed by atoms with E-state index >= 15 is 0 Å². The summed E-state index contributed by atoms with van der Waals surface area (Å²) >= 11 is 6.78. The van der Waals surface area contributed by atoms with Crippen LogP contribution in [0, 0.1) is 5.92 Å². The maximum atomic E-state index is 13.2. The van der Waals surface area contributed by atoms with E-state index in [1.165, 1.54) is 36.9 Å². The number of aliphatic hydroxyl groups is 1. The summed E-state index contributed by atoms with van der Waals surface area (Å²) in [7, 11) is 0. The Hall–Kier alpha value is -3.89. The topological polar surface area (TPSA) is 104 Å². The van der Waals surface area contributed by atoms with Crippen LogP contribution < -0.4 is 20.7 Å². The van der Waals surface area contributed by atoms with E-state index in [0.717, 1.165) is 99.0 Å². The molecule has 3 aliphatic rings. The summed E-state index contributed by atoms with van der Waals surface area (Å²) < 4.78 is 8.16. The van der Waals surface area contributed by atoms with Gasteiger partial charge in [0.05, 0.1) is 18.4 Å². The molecule has 1 amide bonds. The van der Waals surface area contributed by atoms with Crippen LogP contribution >= 0.6 is 11.6 Å². The van der Waals surface area contributed by atoms with Crippen molar-refractivity contribution in [1.82, 2.24) is 25.3 Å². The Balaban J connectivity index is 0.963. The Kier molecular flexibility index (Phi) is 11.3. The van der Waals surface area contributed by atoms with Gasteiger partial charge in [-0.05, 0) is 85.7 Å². The highest BCUT2D eigenvalue weighted by Crippen LogP contribution is 2.35. The number of amides is 1. The number of carbonyl (C=O) groups excluding carboxylic acids is 1. The van der Waals surface area contributed by atoms with E-state index in [4.69, 9.17) is 21.4 Å². The fraction of sp³-hybridized carbons (Fsp3) is 0.450. The minimum Gasteiger partial charge on any atom is -0.493 e. The van der Waals surface area contributed by atoms with Crippen LogP contribution in [0.15, 0.2) is 66.7 Å². The maximum Gasteiger partial charge on any atom is 0.251 e. The van der Waals surface area contributed by atoms with Gasteiger partial charge in [0.2, 0.25) is 0 Å². The molecule has 1 saturated heterocycles. The molecule has 7 rings (SSSR count). The molecule has 1 aliphatic carbocycles. The summed E-state index contributed by atoms with van der Waals surface area (Å²) in [6, 6.07) is 21.8. The molecule has 1 aromatic heterocycles. The predicted octanol–water partition coefficient (Wildman–Crippen LogP) is 6.38. The average molecular weight is 697 g/mol. The van der Waals surface area contributed by atoms with Crippen LogP contribution in [0.3, 0.4) is 0 Å². The molecular weight excluding hydrogens is 648 g/mol. The van der Waals surface area contributed by atoms with Crippen molar-refractivity contribution in [3.63, 3.8) is 0 Å². The first-order chi connectivity index (χ1) is 24.5. The largest absolute Gasteiger partial charge is 0.493 e. The number of halogens is 1. The Labute approximate surface area is 300 Å². The monoisotopic (exact) mass is 696 g/mol. The van der Waals surface area contributed by atoms with E-state index in [9.17, 15) is 9.90 Å². The average Bonchev–Trinajstić information content (AvgIpc) is 3.91. The van der Waals surface area contributed by atoms with Gasteiger partial charge in [-0.1, -0.05) is 42.6 Å². The molecule has 2 aliphatic heterocycles. The summed E-state index contributed by atoms with van der Waals surface area (Å²) in [5.41, 5.74) is 7.87. The number of fused-ring (bicyclic) bond motifs is 1. The van der Waals surface area contributed by atoms with Crippen LogP contribution in [-0.2, 0) is 19.5 Å². The van der Waals surface area contributed by atoms with Crippen molar-refractivity contribution in [2.24, 2.45) is 5.92 Å². The summed E-state index contributed by atoms with van der Waals surface area (Å²) in [5.74, 6) is 1.47. The molecule has 2 fully saturated rings. The van der Waals surface area contributed by atoms with Gasteiger partial charge < -0.3 is 30.7 Å². The number of rotatable bonds is 14. The van der Waals surface area contributed by atoms with E-state index in [0.29, 0.717) is 29.6 Å². The number of hydrogen-bond donors (Lipinski definition) is 4. The maximum absolute atomic E-state index is 13.2. The lowest BCUT2D eigenvalue weighted by molar-refractivity contribution is 0.0955. The van der Waals surface area contributed by atoms with Crippen molar-refractivity contribution in [3.8, 4) is 28.1 Å². The minimum atomic E-state index is -0.192. The highest BCUT2D eigenvalue weighted by atomic mass is 35.5. The van der Waals surface area contributed by atoms with E-state index in [1.807, 2.05) is 60.7 Å². The SMILES string of the molecule is O=C(NCCNc1ccc(OCC2CCCC2)cc1)c1cccc(-c2cc(-c3nn(CCCN4CCC(O)C4)c4c3CNCC4)ccc2Cl)c1. The third-order valence-corrected chi connectivity index (χ3v) is 10.7. The van der Waals surface area contributed by atoms with Gasteiger partial charge in [0.1, 0.15) is 5.75 Å². The first-order valence-electron chi connectivity index (χ1n) is 18.3. The Morgan fingerprint density at radius 3 is 2.68 bits per heavy atom. The molecule has 1 unspecified atom stereocenters. The highest BCUT2D eigenvalue weighted by molar-refractivity contribution is 6.33. The van der Waals surface area contributed by atoms with Crippen LogP contribution in [0.2, 0.25) is 5.02 Å². The number of nitrogens with zero attached hydrogens (tertiary/aromatic N) is 3. The smallest absolute Gasteiger partial charge is 0.251 e. The van der Waals surface area contributed by atoms with Crippen LogP contribution in [0.1, 0.15) is 60.1 Å². The van der Waals surface area contributed by atoms with Crippen molar-refractivity contribution in [1.29, 1.82) is 0 Å². The first-order valence-corrected chi connectivity index (χ1v) is 18.7. The molecule has 3 heterocycles. The van der Waals surface area contributed by atoms with Crippen molar-refractivity contribution >= 4 is 23.2 Å². The highest BCUT2D eigenvalue weighted by Gasteiger charge is 2.24. The van der Waals surface area contributed by atoms with Crippen LogP contribution in [-0.4, -0.2) is 77.7 Å². The summed E-state index contributed by atoms with van der Waals surface area (Å²) in [6.45, 7) is 7.17. The first kappa shape index (κ1) is 34.6. The molecule has 0 radical (unpaired) electrons. The lowest BCUT2D eigenvalue weighted by atomic mass is 9.97. The number of anilines is 1. The molecule has 50 heavy (non-hydrogen) atoms. The molecule has 3 aromatic carbocycles. The fourth-order valence-corrected chi connectivity index (χ4v) is 7.79. The number of ether oxygens (including phenoxy) is 1.